The number of carbonyl (C=O) groups excluding carboxylic acids is 1. The van der Waals surface area contributed by atoms with Crippen molar-refractivity contribution in [3.05, 3.63) is 86.4 Å². The van der Waals surface area contributed by atoms with E-state index in [1.54, 1.807) is 0 Å². The van der Waals surface area contributed by atoms with E-state index >= 15 is 0 Å². The Kier molecular flexibility index (Phi) is 4.85. The number of nitro benzene ring substituents is 1. The maximum atomic E-state index is 12.8. The molecule has 0 unspecified atom stereocenters. The molecule has 0 radical (unpaired) electrons. The van der Waals surface area contributed by atoms with E-state index in [0.29, 0.717) is 16.0 Å². The molecule has 3 aromatic carbocycles. The molecular weight excluding hydrogens is 436 g/mol. The van der Waals surface area contributed by atoms with Crippen molar-refractivity contribution < 1.29 is 9.72 Å². The summed E-state index contributed by atoms with van der Waals surface area (Å²) in [6.45, 7) is 1.88. The molecule has 1 amide bonds. The van der Waals surface area contributed by atoms with Crippen molar-refractivity contribution >= 4 is 44.2 Å². The van der Waals surface area contributed by atoms with Crippen LogP contribution in [0.5, 0.6) is 0 Å². The molecule has 0 aliphatic heterocycles. The fourth-order valence-electron chi connectivity index (χ4n) is 2.98. The lowest BCUT2D eigenvalue weighted by Crippen LogP contribution is -2.14. The van der Waals surface area contributed by atoms with Crippen molar-refractivity contribution in [1.82, 2.24) is 9.97 Å². The summed E-state index contributed by atoms with van der Waals surface area (Å²) in [5.41, 5.74) is 4.11. The average Bonchev–Trinajstić information content (AvgIpc) is 3.14. The molecular formula is C21H15BrN4O3. The Hall–Kier alpha value is -3.52. The number of H-pyrrole nitrogens is 1. The minimum atomic E-state index is -0.531. The summed E-state index contributed by atoms with van der Waals surface area (Å²) in [5, 5.41) is 13.9. The van der Waals surface area contributed by atoms with E-state index in [1.165, 1.54) is 18.2 Å². The van der Waals surface area contributed by atoms with Gasteiger partial charge in [0.05, 0.1) is 21.5 Å². The Labute approximate surface area is 174 Å². The third kappa shape index (κ3) is 3.74. The molecule has 0 spiro atoms. The van der Waals surface area contributed by atoms with Crippen molar-refractivity contribution in [1.29, 1.82) is 0 Å². The van der Waals surface area contributed by atoms with Gasteiger partial charge in [-0.3, -0.25) is 14.9 Å². The predicted molar refractivity (Wildman–Crippen MR) is 115 cm³/mol. The average molecular weight is 451 g/mol. The highest BCUT2D eigenvalue weighted by atomic mass is 79.9. The number of carbonyl (C=O) groups is 1. The van der Waals surface area contributed by atoms with Crippen LogP contribution in [0, 0.1) is 17.0 Å². The number of nitrogens with one attached hydrogen (secondary N) is 2. The number of para-hydroxylation sites is 2. The maximum Gasteiger partial charge on any atom is 0.270 e. The van der Waals surface area contributed by atoms with Gasteiger partial charge in [-0.15, -0.1) is 0 Å². The number of nitro groups is 1. The van der Waals surface area contributed by atoms with Crippen molar-refractivity contribution in [2.75, 3.05) is 5.32 Å². The fourth-order valence-corrected chi connectivity index (χ4v) is 3.41. The first-order chi connectivity index (χ1) is 13.9. The molecule has 0 saturated heterocycles. The summed E-state index contributed by atoms with van der Waals surface area (Å²) in [5.74, 6) is 0.253. The van der Waals surface area contributed by atoms with E-state index < -0.39 is 10.8 Å². The molecule has 4 rings (SSSR count). The number of aromatic nitrogens is 2. The van der Waals surface area contributed by atoms with E-state index in [2.05, 4.69) is 31.2 Å². The zero-order valence-corrected chi connectivity index (χ0v) is 16.9. The van der Waals surface area contributed by atoms with Gasteiger partial charge < -0.3 is 10.3 Å². The molecule has 1 heterocycles. The topological polar surface area (TPSA) is 101 Å². The summed E-state index contributed by atoms with van der Waals surface area (Å²) in [7, 11) is 0. The number of aromatic amines is 1. The molecule has 0 fully saturated rings. The van der Waals surface area contributed by atoms with Crippen LogP contribution >= 0.6 is 15.9 Å². The Morgan fingerprint density at radius 1 is 1.14 bits per heavy atom. The van der Waals surface area contributed by atoms with Crippen LogP contribution in [0.4, 0.5) is 11.4 Å². The molecule has 0 saturated carbocycles. The number of benzene rings is 3. The number of halogens is 1. The third-order valence-electron chi connectivity index (χ3n) is 4.55. The Balaban J connectivity index is 1.67. The van der Waals surface area contributed by atoms with Gasteiger partial charge in [0, 0.05) is 27.9 Å². The fraction of sp³-hybridized carbons (Fsp3) is 0.0476. The number of nitrogens with zero attached hydrogens (tertiary/aromatic N) is 2. The van der Waals surface area contributed by atoms with E-state index in [0.717, 1.165) is 22.2 Å². The molecule has 144 valence electrons. The number of rotatable bonds is 4. The predicted octanol–water partition coefficient (Wildman–Crippen LogP) is 5.46. The standard InChI is InChI=1S/C21H15BrN4O3/c1-12-6-7-13(20-23-17-4-2-3-5-18(17)24-20)10-19(12)25-21(27)15-11-14(26(28)29)8-9-16(15)22/h2-11H,1H3,(H,23,24)(H,25,27). The molecule has 0 bridgehead atoms. The summed E-state index contributed by atoms with van der Waals surface area (Å²) < 4.78 is 0.478. The first kappa shape index (κ1) is 18.8. The zero-order valence-electron chi connectivity index (χ0n) is 15.3. The van der Waals surface area contributed by atoms with Gasteiger partial charge in [0.15, 0.2) is 0 Å². The first-order valence-corrected chi connectivity index (χ1v) is 9.53. The van der Waals surface area contributed by atoms with E-state index in [-0.39, 0.29) is 11.3 Å². The number of aryl methyl sites for hydroxylation is 1. The number of imidazole rings is 1. The van der Waals surface area contributed by atoms with E-state index in [1.807, 2.05) is 49.4 Å². The summed E-state index contributed by atoms with van der Waals surface area (Å²) in [6, 6.07) is 17.4. The highest BCUT2D eigenvalue weighted by Gasteiger charge is 2.17. The molecule has 0 atom stereocenters. The van der Waals surface area contributed by atoms with Crippen LogP contribution in [0.15, 0.2) is 65.1 Å². The molecule has 8 heteroatoms. The van der Waals surface area contributed by atoms with Gasteiger partial charge in [-0.05, 0) is 52.7 Å². The molecule has 2 N–H and O–H groups in total. The van der Waals surface area contributed by atoms with Gasteiger partial charge in [0.25, 0.3) is 11.6 Å². The van der Waals surface area contributed by atoms with Crippen LogP contribution in [0.3, 0.4) is 0 Å². The SMILES string of the molecule is Cc1ccc(-c2nc3ccccc3[nH]2)cc1NC(=O)c1cc([N+](=O)[O-])ccc1Br. The summed E-state index contributed by atoms with van der Waals surface area (Å²) >= 11 is 3.28. The Morgan fingerprint density at radius 2 is 1.93 bits per heavy atom. The molecule has 1 aromatic heterocycles. The normalized spacial score (nSPS) is 10.8. The van der Waals surface area contributed by atoms with Crippen LogP contribution in [0.2, 0.25) is 0 Å². The number of amides is 1. The number of hydrogen-bond acceptors (Lipinski definition) is 4. The van der Waals surface area contributed by atoms with Crippen molar-refractivity contribution in [2.45, 2.75) is 6.92 Å². The van der Waals surface area contributed by atoms with Crippen molar-refractivity contribution in [3.63, 3.8) is 0 Å². The highest BCUT2D eigenvalue weighted by Crippen LogP contribution is 2.28. The molecule has 29 heavy (non-hydrogen) atoms. The lowest BCUT2D eigenvalue weighted by atomic mass is 10.1. The Morgan fingerprint density at radius 3 is 2.69 bits per heavy atom. The van der Waals surface area contributed by atoms with Crippen LogP contribution < -0.4 is 5.32 Å². The van der Waals surface area contributed by atoms with Crippen molar-refractivity contribution in [3.8, 4) is 11.4 Å². The number of fused-ring (bicyclic) bond motifs is 1. The quantitative estimate of drug-likeness (QED) is 0.318. The van der Waals surface area contributed by atoms with Crippen LogP contribution in [0.25, 0.3) is 22.4 Å². The summed E-state index contributed by atoms with van der Waals surface area (Å²) in [6.07, 6.45) is 0. The molecule has 0 aliphatic carbocycles. The van der Waals surface area contributed by atoms with Crippen molar-refractivity contribution in [2.24, 2.45) is 0 Å². The minimum Gasteiger partial charge on any atom is -0.338 e. The van der Waals surface area contributed by atoms with Gasteiger partial charge in [-0.2, -0.15) is 0 Å². The lowest BCUT2D eigenvalue weighted by Gasteiger charge is -2.11. The summed E-state index contributed by atoms with van der Waals surface area (Å²) in [4.78, 5) is 31.1. The zero-order chi connectivity index (χ0) is 20.5. The first-order valence-electron chi connectivity index (χ1n) is 8.73. The number of hydrogen-bond donors (Lipinski definition) is 2. The van der Waals surface area contributed by atoms with Crippen LogP contribution in [-0.4, -0.2) is 20.8 Å². The monoisotopic (exact) mass is 450 g/mol. The lowest BCUT2D eigenvalue weighted by molar-refractivity contribution is -0.384. The maximum absolute atomic E-state index is 12.8. The van der Waals surface area contributed by atoms with Gasteiger partial charge >= 0.3 is 0 Å². The van der Waals surface area contributed by atoms with E-state index in [4.69, 9.17) is 0 Å². The largest absolute Gasteiger partial charge is 0.338 e. The second-order valence-electron chi connectivity index (χ2n) is 6.51. The highest BCUT2D eigenvalue weighted by molar-refractivity contribution is 9.10. The van der Waals surface area contributed by atoms with Gasteiger partial charge in [-0.1, -0.05) is 24.3 Å². The van der Waals surface area contributed by atoms with Gasteiger partial charge in [-0.25, -0.2) is 4.98 Å². The molecule has 0 aliphatic rings. The molecule has 4 aromatic rings. The second kappa shape index (κ2) is 7.48. The van der Waals surface area contributed by atoms with Crippen LogP contribution in [-0.2, 0) is 0 Å². The van der Waals surface area contributed by atoms with Gasteiger partial charge in [0.2, 0.25) is 0 Å². The third-order valence-corrected chi connectivity index (χ3v) is 5.25. The van der Waals surface area contributed by atoms with E-state index in [9.17, 15) is 14.9 Å². The number of non-ortho nitro benzene ring substituents is 1. The molecule has 7 nitrogen and oxygen atoms in total. The van der Waals surface area contributed by atoms with Crippen LogP contribution in [0.1, 0.15) is 15.9 Å². The Bertz CT molecular complexity index is 1230. The van der Waals surface area contributed by atoms with Gasteiger partial charge in [0.1, 0.15) is 5.82 Å². The number of anilines is 1. The second-order valence-corrected chi connectivity index (χ2v) is 7.36. The smallest absolute Gasteiger partial charge is 0.270 e. The minimum absolute atomic E-state index is 0.147.